The molecule has 1 aliphatic rings. The second-order valence-electron chi connectivity index (χ2n) is 7.39. The molecule has 0 spiro atoms. The first-order valence-electron chi connectivity index (χ1n) is 9.79. The van der Waals surface area contributed by atoms with Gasteiger partial charge in [-0.2, -0.15) is 5.10 Å². The Balaban J connectivity index is 1.42. The van der Waals surface area contributed by atoms with Crippen LogP contribution < -0.4 is 5.32 Å². The first-order valence-corrected chi connectivity index (χ1v) is 9.79. The molecular formula is C21H27FN4O2. The summed E-state index contributed by atoms with van der Waals surface area (Å²) in [6, 6.07) is 8.32. The first-order chi connectivity index (χ1) is 13.5. The van der Waals surface area contributed by atoms with Crippen LogP contribution in [0.3, 0.4) is 0 Å². The maximum absolute atomic E-state index is 13.6. The minimum atomic E-state index is -0.309. The van der Waals surface area contributed by atoms with Gasteiger partial charge in [0.1, 0.15) is 12.4 Å². The molecule has 150 valence electrons. The van der Waals surface area contributed by atoms with E-state index in [-0.39, 0.29) is 30.7 Å². The zero-order valence-corrected chi connectivity index (χ0v) is 16.2. The lowest BCUT2D eigenvalue weighted by Crippen LogP contribution is -2.42. The Bertz CT molecular complexity index is 820. The summed E-state index contributed by atoms with van der Waals surface area (Å²) in [6.07, 6.45) is 4.78. The average molecular weight is 386 g/mol. The molecule has 1 N–H and O–H groups in total. The summed E-state index contributed by atoms with van der Waals surface area (Å²) in [5.74, 6) is -0.00773. The summed E-state index contributed by atoms with van der Waals surface area (Å²) in [7, 11) is 0. The van der Waals surface area contributed by atoms with Gasteiger partial charge in [-0.25, -0.2) is 4.39 Å². The Morgan fingerprint density at radius 1 is 1.29 bits per heavy atom. The topological polar surface area (TPSA) is 67.2 Å². The minimum Gasteiger partial charge on any atom is -0.352 e. The molecule has 1 aromatic carbocycles. The van der Waals surface area contributed by atoms with Gasteiger partial charge in [0.05, 0.1) is 0 Å². The van der Waals surface area contributed by atoms with E-state index in [1.165, 1.54) is 6.07 Å². The quantitative estimate of drug-likeness (QED) is 0.796. The number of hydrogen-bond donors (Lipinski definition) is 1. The fourth-order valence-electron chi connectivity index (χ4n) is 3.58. The molecule has 3 rings (SSSR count). The van der Waals surface area contributed by atoms with E-state index in [1.54, 1.807) is 29.1 Å². The van der Waals surface area contributed by atoms with Crippen LogP contribution in [0.5, 0.6) is 0 Å². The van der Waals surface area contributed by atoms with E-state index in [2.05, 4.69) is 10.4 Å². The molecule has 0 aliphatic carbocycles. The van der Waals surface area contributed by atoms with Crippen molar-refractivity contribution in [2.75, 3.05) is 13.1 Å². The van der Waals surface area contributed by atoms with Crippen LogP contribution in [-0.4, -0.2) is 39.6 Å². The van der Waals surface area contributed by atoms with E-state index in [1.807, 2.05) is 17.9 Å². The molecule has 1 aliphatic heterocycles. The molecule has 2 aromatic rings. The second-order valence-corrected chi connectivity index (χ2v) is 7.39. The first kappa shape index (κ1) is 20.0. The zero-order valence-electron chi connectivity index (χ0n) is 16.2. The summed E-state index contributed by atoms with van der Waals surface area (Å²) in [5, 5.41) is 6.95. The van der Waals surface area contributed by atoms with Crippen LogP contribution in [0.1, 0.15) is 36.9 Å². The summed E-state index contributed by atoms with van der Waals surface area (Å²) in [5.41, 5.74) is 1.45. The molecule has 1 saturated heterocycles. The van der Waals surface area contributed by atoms with Gasteiger partial charge in [0.15, 0.2) is 0 Å². The molecule has 0 saturated carbocycles. The standard InChI is InChI=1S/C21H27FN4O2/c1-16-10-11-24-26(16)15-21(28)25-12-4-5-17(14-25)8-9-20(27)23-13-18-6-2-3-7-19(18)22/h2-3,6-7,10-11,17H,4-5,8-9,12-15H2,1H3,(H,23,27)/t17-/m1/s1. The zero-order chi connectivity index (χ0) is 19.9. The highest BCUT2D eigenvalue weighted by atomic mass is 19.1. The van der Waals surface area contributed by atoms with Crippen LogP contribution >= 0.6 is 0 Å². The molecule has 1 aromatic heterocycles. The SMILES string of the molecule is Cc1ccnn1CC(=O)N1CCC[C@H](CCC(=O)NCc2ccccc2F)C1. The van der Waals surface area contributed by atoms with Gasteiger partial charge in [-0.3, -0.25) is 14.3 Å². The number of halogens is 1. The molecule has 6 nitrogen and oxygen atoms in total. The van der Waals surface area contributed by atoms with Crippen molar-refractivity contribution >= 4 is 11.8 Å². The van der Waals surface area contributed by atoms with Gasteiger partial charge >= 0.3 is 0 Å². The number of amides is 2. The van der Waals surface area contributed by atoms with Gasteiger partial charge in [0.2, 0.25) is 11.8 Å². The Kier molecular flexibility index (Phi) is 6.79. The third-order valence-corrected chi connectivity index (χ3v) is 5.30. The van der Waals surface area contributed by atoms with Gasteiger partial charge in [0, 0.05) is 43.5 Å². The number of aryl methyl sites for hydroxylation is 1. The van der Waals surface area contributed by atoms with E-state index < -0.39 is 0 Å². The van der Waals surface area contributed by atoms with Crippen molar-refractivity contribution in [3.8, 4) is 0 Å². The second kappa shape index (κ2) is 9.48. The summed E-state index contributed by atoms with van der Waals surface area (Å²) in [6.45, 7) is 3.83. The van der Waals surface area contributed by atoms with Gasteiger partial charge in [-0.15, -0.1) is 0 Å². The minimum absolute atomic E-state index is 0.0699. The molecule has 0 bridgehead atoms. The Morgan fingerprint density at radius 3 is 2.86 bits per heavy atom. The van der Waals surface area contributed by atoms with Gasteiger partial charge in [-0.05, 0) is 44.2 Å². The third-order valence-electron chi connectivity index (χ3n) is 5.30. The average Bonchev–Trinajstić information content (AvgIpc) is 3.10. The van der Waals surface area contributed by atoms with Crippen molar-refractivity contribution in [3.63, 3.8) is 0 Å². The lowest BCUT2D eigenvalue weighted by molar-refractivity contribution is -0.134. The number of nitrogens with zero attached hydrogens (tertiary/aromatic N) is 3. The van der Waals surface area contributed by atoms with E-state index in [0.29, 0.717) is 24.4 Å². The fourth-order valence-corrected chi connectivity index (χ4v) is 3.58. The van der Waals surface area contributed by atoms with Crippen LogP contribution in [0.4, 0.5) is 4.39 Å². The molecule has 0 unspecified atom stereocenters. The van der Waals surface area contributed by atoms with Crippen LogP contribution in [0.25, 0.3) is 0 Å². The molecule has 7 heteroatoms. The summed E-state index contributed by atoms with van der Waals surface area (Å²) >= 11 is 0. The molecule has 1 atom stereocenters. The molecule has 1 fully saturated rings. The number of piperidine rings is 1. The number of carbonyl (C=O) groups excluding carboxylic acids is 2. The maximum Gasteiger partial charge on any atom is 0.244 e. The predicted octanol–water partition coefficient (Wildman–Crippen LogP) is 2.67. The van der Waals surface area contributed by atoms with Crippen LogP contribution in [-0.2, 0) is 22.7 Å². The summed E-state index contributed by atoms with van der Waals surface area (Å²) < 4.78 is 15.3. The Hall–Kier alpha value is -2.70. The van der Waals surface area contributed by atoms with Crippen LogP contribution in [0, 0.1) is 18.7 Å². The van der Waals surface area contributed by atoms with Crippen molar-refractivity contribution in [3.05, 3.63) is 53.6 Å². The fraction of sp³-hybridized carbons (Fsp3) is 0.476. The van der Waals surface area contributed by atoms with Crippen molar-refractivity contribution in [2.45, 2.75) is 45.7 Å². The highest BCUT2D eigenvalue weighted by Gasteiger charge is 2.24. The number of hydrogen-bond acceptors (Lipinski definition) is 3. The number of benzene rings is 1. The van der Waals surface area contributed by atoms with E-state index in [0.717, 1.165) is 31.5 Å². The maximum atomic E-state index is 13.6. The molecule has 28 heavy (non-hydrogen) atoms. The largest absolute Gasteiger partial charge is 0.352 e. The van der Waals surface area contributed by atoms with E-state index >= 15 is 0 Å². The number of rotatable bonds is 7. The van der Waals surface area contributed by atoms with E-state index in [4.69, 9.17) is 0 Å². The van der Waals surface area contributed by atoms with Crippen molar-refractivity contribution in [1.29, 1.82) is 0 Å². The monoisotopic (exact) mass is 386 g/mol. The van der Waals surface area contributed by atoms with Gasteiger partial charge < -0.3 is 10.2 Å². The smallest absolute Gasteiger partial charge is 0.244 e. The highest BCUT2D eigenvalue weighted by Crippen LogP contribution is 2.21. The number of aromatic nitrogens is 2. The van der Waals surface area contributed by atoms with Gasteiger partial charge in [-0.1, -0.05) is 18.2 Å². The molecule has 2 amide bonds. The third kappa shape index (κ3) is 5.41. The van der Waals surface area contributed by atoms with Gasteiger partial charge in [0.25, 0.3) is 0 Å². The number of carbonyl (C=O) groups is 2. The normalized spacial score (nSPS) is 16.8. The van der Waals surface area contributed by atoms with E-state index in [9.17, 15) is 14.0 Å². The molecular weight excluding hydrogens is 359 g/mol. The van der Waals surface area contributed by atoms with Crippen molar-refractivity contribution in [2.24, 2.45) is 5.92 Å². The number of likely N-dealkylation sites (tertiary alicyclic amines) is 1. The highest BCUT2D eigenvalue weighted by molar-refractivity contribution is 5.76. The van der Waals surface area contributed by atoms with Crippen molar-refractivity contribution < 1.29 is 14.0 Å². The number of nitrogens with one attached hydrogen (secondary N) is 1. The summed E-state index contributed by atoms with van der Waals surface area (Å²) in [4.78, 5) is 26.5. The van der Waals surface area contributed by atoms with Crippen LogP contribution in [0.15, 0.2) is 36.5 Å². The van der Waals surface area contributed by atoms with Crippen molar-refractivity contribution in [1.82, 2.24) is 20.0 Å². The predicted molar refractivity (Wildman–Crippen MR) is 104 cm³/mol. The lowest BCUT2D eigenvalue weighted by atomic mass is 9.93. The Labute approximate surface area is 164 Å². The molecule has 0 radical (unpaired) electrons. The van der Waals surface area contributed by atoms with Crippen LogP contribution in [0.2, 0.25) is 0 Å². The Morgan fingerprint density at radius 2 is 2.11 bits per heavy atom. The molecule has 2 heterocycles. The lowest BCUT2D eigenvalue weighted by Gasteiger charge is -2.33.